The summed E-state index contributed by atoms with van der Waals surface area (Å²) in [5.41, 5.74) is 0.670. The zero-order chi connectivity index (χ0) is 13.9. The molecular formula is C13H22BrN3O. The number of nitrogens with one attached hydrogen (secondary N) is 1. The van der Waals surface area contributed by atoms with Gasteiger partial charge in [0.1, 0.15) is 5.69 Å². The van der Waals surface area contributed by atoms with Gasteiger partial charge in [-0.3, -0.25) is 4.79 Å². The van der Waals surface area contributed by atoms with E-state index < -0.39 is 0 Å². The summed E-state index contributed by atoms with van der Waals surface area (Å²) in [7, 11) is 5.94. The molecule has 1 aromatic heterocycles. The van der Waals surface area contributed by atoms with Crippen molar-refractivity contribution in [2.24, 2.45) is 13.0 Å². The number of hydrogen-bond acceptors (Lipinski definition) is 2. The monoisotopic (exact) mass is 315 g/mol. The number of hydrogen-bond donors (Lipinski definition) is 1. The Morgan fingerprint density at radius 3 is 2.50 bits per heavy atom. The van der Waals surface area contributed by atoms with Crippen LogP contribution in [0.1, 0.15) is 24.3 Å². The van der Waals surface area contributed by atoms with Crippen LogP contribution in [0.25, 0.3) is 0 Å². The first-order valence-corrected chi connectivity index (χ1v) is 6.88. The summed E-state index contributed by atoms with van der Waals surface area (Å²) in [4.78, 5) is 14.2. The maximum Gasteiger partial charge on any atom is 0.267 e. The van der Waals surface area contributed by atoms with Crippen molar-refractivity contribution in [1.29, 1.82) is 0 Å². The third kappa shape index (κ3) is 3.85. The summed E-state index contributed by atoms with van der Waals surface area (Å²) >= 11 is 3.37. The summed E-state index contributed by atoms with van der Waals surface area (Å²) in [6, 6.07) is 2.17. The molecule has 1 N–H and O–H groups in total. The molecule has 0 aliphatic carbocycles. The first-order chi connectivity index (χ1) is 8.32. The summed E-state index contributed by atoms with van der Waals surface area (Å²) < 4.78 is 2.74. The van der Waals surface area contributed by atoms with Gasteiger partial charge in [-0.05, 0) is 42.0 Å². The highest BCUT2D eigenvalue weighted by molar-refractivity contribution is 9.10. The second-order valence-electron chi connectivity index (χ2n) is 5.14. The summed E-state index contributed by atoms with van der Waals surface area (Å²) in [6.45, 7) is 4.98. The number of rotatable bonds is 5. The highest BCUT2D eigenvalue weighted by Gasteiger charge is 2.18. The standard InChI is InChI=1S/C13H22BrN3O/c1-9(2)12(16(3)4)7-15-13(18)11-6-10(14)8-17(11)5/h6,8-9,12H,7H2,1-5H3,(H,15,18). The largest absolute Gasteiger partial charge is 0.349 e. The Balaban J connectivity index is 2.63. The van der Waals surface area contributed by atoms with E-state index in [1.807, 2.05) is 38.0 Å². The van der Waals surface area contributed by atoms with Crippen LogP contribution in [-0.2, 0) is 7.05 Å². The lowest BCUT2D eigenvalue weighted by molar-refractivity contribution is 0.0926. The quantitative estimate of drug-likeness (QED) is 0.903. The van der Waals surface area contributed by atoms with Gasteiger partial charge in [0.25, 0.3) is 5.91 Å². The van der Waals surface area contributed by atoms with Crippen LogP contribution in [0, 0.1) is 5.92 Å². The van der Waals surface area contributed by atoms with E-state index in [0.29, 0.717) is 24.2 Å². The Labute approximate surface area is 117 Å². The second-order valence-corrected chi connectivity index (χ2v) is 6.06. The minimum Gasteiger partial charge on any atom is -0.349 e. The molecule has 1 heterocycles. The normalized spacial score (nSPS) is 13.1. The topological polar surface area (TPSA) is 37.3 Å². The van der Waals surface area contributed by atoms with Gasteiger partial charge in [0.2, 0.25) is 0 Å². The molecule has 0 aliphatic heterocycles. The van der Waals surface area contributed by atoms with Gasteiger partial charge in [-0.2, -0.15) is 0 Å². The van der Waals surface area contributed by atoms with Gasteiger partial charge < -0.3 is 14.8 Å². The van der Waals surface area contributed by atoms with Crippen molar-refractivity contribution in [2.45, 2.75) is 19.9 Å². The van der Waals surface area contributed by atoms with Gasteiger partial charge >= 0.3 is 0 Å². The molecule has 18 heavy (non-hydrogen) atoms. The predicted octanol–water partition coefficient (Wildman–Crippen LogP) is 2.10. The molecule has 0 saturated heterocycles. The highest BCUT2D eigenvalue weighted by Crippen LogP contribution is 2.13. The smallest absolute Gasteiger partial charge is 0.267 e. The van der Waals surface area contributed by atoms with Crippen molar-refractivity contribution in [2.75, 3.05) is 20.6 Å². The van der Waals surface area contributed by atoms with Crippen molar-refractivity contribution in [3.63, 3.8) is 0 Å². The SMILES string of the molecule is CC(C)C(CNC(=O)c1cc(Br)cn1C)N(C)C. The third-order valence-corrected chi connectivity index (χ3v) is 3.54. The number of nitrogens with zero attached hydrogens (tertiary/aromatic N) is 2. The van der Waals surface area contributed by atoms with E-state index in [-0.39, 0.29) is 5.91 Å². The maximum atomic E-state index is 12.1. The fourth-order valence-electron chi connectivity index (χ4n) is 2.05. The van der Waals surface area contributed by atoms with Gasteiger partial charge in [0.05, 0.1) is 0 Å². The van der Waals surface area contributed by atoms with E-state index in [9.17, 15) is 4.79 Å². The van der Waals surface area contributed by atoms with Crippen LogP contribution in [0.3, 0.4) is 0 Å². The number of amides is 1. The minimum atomic E-state index is -0.0318. The molecule has 0 aromatic carbocycles. The highest BCUT2D eigenvalue weighted by atomic mass is 79.9. The molecule has 0 aliphatic rings. The van der Waals surface area contributed by atoms with E-state index in [0.717, 1.165) is 4.47 Å². The van der Waals surface area contributed by atoms with E-state index in [1.165, 1.54) is 0 Å². The first-order valence-electron chi connectivity index (χ1n) is 6.09. The van der Waals surface area contributed by atoms with Crippen molar-refractivity contribution < 1.29 is 4.79 Å². The summed E-state index contributed by atoms with van der Waals surface area (Å²) in [6.07, 6.45) is 1.88. The van der Waals surface area contributed by atoms with Gasteiger partial charge in [-0.25, -0.2) is 0 Å². The van der Waals surface area contributed by atoms with Crippen LogP contribution in [0.15, 0.2) is 16.7 Å². The van der Waals surface area contributed by atoms with Crippen molar-refractivity contribution in [3.8, 4) is 0 Å². The molecule has 0 spiro atoms. The Morgan fingerprint density at radius 2 is 2.11 bits per heavy atom. The molecule has 102 valence electrons. The van der Waals surface area contributed by atoms with E-state index in [1.54, 1.807) is 0 Å². The van der Waals surface area contributed by atoms with Crippen LogP contribution in [0.2, 0.25) is 0 Å². The zero-order valence-electron chi connectivity index (χ0n) is 11.7. The molecule has 1 rings (SSSR count). The summed E-state index contributed by atoms with van der Waals surface area (Å²) in [5, 5.41) is 2.99. The van der Waals surface area contributed by atoms with Crippen molar-refractivity contribution in [3.05, 3.63) is 22.4 Å². The van der Waals surface area contributed by atoms with Gasteiger partial charge in [0, 0.05) is 30.3 Å². The molecule has 0 saturated carbocycles. The van der Waals surface area contributed by atoms with Crippen LogP contribution in [0.5, 0.6) is 0 Å². The Bertz CT molecular complexity index is 404. The average molecular weight is 316 g/mol. The van der Waals surface area contributed by atoms with Gasteiger partial charge in [-0.1, -0.05) is 13.8 Å². The molecule has 0 radical (unpaired) electrons. The maximum absolute atomic E-state index is 12.1. The number of aromatic nitrogens is 1. The minimum absolute atomic E-state index is 0.0318. The van der Waals surface area contributed by atoms with Crippen LogP contribution in [0.4, 0.5) is 0 Å². The summed E-state index contributed by atoms with van der Waals surface area (Å²) in [5.74, 6) is 0.469. The molecule has 1 unspecified atom stereocenters. The van der Waals surface area contributed by atoms with E-state index >= 15 is 0 Å². The van der Waals surface area contributed by atoms with E-state index in [4.69, 9.17) is 0 Å². The Hall–Kier alpha value is -0.810. The number of carbonyl (C=O) groups excluding carboxylic acids is 1. The molecule has 5 heteroatoms. The molecular weight excluding hydrogens is 294 g/mol. The van der Waals surface area contributed by atoms with Crippen LogP contribution in [-0.4, -0.2) is 42.1 Å². The lowest BCUT2D eigenvalue weighted by Gasteiger charge is -2.28. The number of aryl methyl sites for hydroxylation is 1. The van der Waals surface area contributed by atoms with Gasteiger partial charge in [0.15, 0.2) is 0 Å². The average Bonchev–Trinajstić information content (AvgIpc) is 2.56. The lowest BCUT2D eigenvalue weighted by atomic mass is 10.0. The molecule has 1 atom stereocenters. The fraction of sp³-hybridized carbons (Fsp3) is 0.615. The molecule has 1 aromatic rings. The van der Waals surface area contributed by atoms with Crippen molar-refractivity contribution >= 4 is 21.8 Å². The first kappa shape index (κ1) is 15.2. The van der Waals surface area contributed by atoms with Gasteiger partial charge in [-0.15, -0.1) is 0 Å². The Morgan fingerprint density at radius 1 is 1.50 bits per heavy atom. The second kappa shape index (κ2) is 6.38. The van der Waals surface area contributed by atoms with Crippen LogP contribution >= 0.6 is 15.9 Å². The molecule has 4 nitrogen and oxygen atoms in total. The predicted molar refractivity (Wildman–Crippen MR) is 77.8 cm³/mol. The number of likely N-dealkylation sites (N-methyl/N-ethyl adjacent to an activating group) is 1. The van der Waals surface area contributed by atoms with Crippen LogP contribution < -0.4 is 5.32 Å². The third-order valence-electron chi connectivity index (χ3n) is 3.11. The molecule has 0 fully saturated rings. The molecule has 0 bridgehead atoms. The number of carbonyl (C=O) groups is 1. The van der Waals surface area contributed by atoms with Crippen molar-refractivity contribution in [1.82, 2.24) is 14.8 Å². The lowest BCUT2D eigenvalue weighted by Crippen LogP contribution is -2.43. The number of halogens is 1. The van der Waals surface area contributed by atoms with E-state index in [2.05, 4.69) is 40.0 Å². The Kier molecular flexibility index (Phi) is 5.41. The fourth-order valence-corrected chi connectivity index (χ4v) is 2.58. The zero-order valence-corrected chi connectivity index (χ0v) is 13.3. The molecule has 1 amide bonds.